The van der Waals surface area contributed by atoms with Gasteiger partial charge in [0.05, 0.1) is 20.0 Å². The number of nitrogens with one attached hydrogen (secondary N) is 1. The van der Waals surface area contributed by atoms with Crippen LogP contribution in [0.15, 0.2) is 41.3 Å². The third-order valence-electron chi connectivity index (χ3n) is 4.12. The van der Waals surface area contributed by atoms with Crippen LogP contribution in [0.4, 0.5) is 9.52 Å². The predicted molar refractivity (Wildman–Crippen MR) is 107 cm³/mol. The van der Waals surface area contributed by atoms with Crippen LogP contribution < -0.4 is 5.32 Å². The van der Waals surface area contributed by atoms with Gasteiger partial charge in [-0.1, -0.05) is 17.4 Å². The van der Waals surface area contributed by atoms with E-state index in [1.54, 1.807) is 25.1 Å². The van der Waals surface area contributed by atoms with Crippen LogP contribution in [0.3, 0.4) is 0 Å². The van der Waals surface area contributed by atoms with Gasteiger partial charge in [-0.25, -0.2) is 17.8 Å². The van der Waals surface area contributed by atoms with Crippen molar-refractivity contribution >= 4 is 63.9 Å². The van der Waals surface area contributed by atoms with Gasteiger partial charge in [0.1, 0.15) is 5.82 Å². The highest BCUT2D eigenvalue weighted by Crippen LogP contribution is 2.34. The number of thiophene rings is 1. The molecule has 4 aromatic rings. The topological polar surface area (TPSA) is 76.1 Å². The molecule has 0 aliphatic carbocycles. The summed E-state index contributed by atoms with van der Waals surface area (Å²) in [5.41, 5.74) is 1.19. The predicted octanol–water partition coefficient (Wildman–Crippen LogP) is 4.61. The third kappa shape index (κ3) is 3.22. The first kappa shape index (κ1) is 18.0. The molecule has 138 valence electrons. The minimum absolute atomic E-state index is 0.201. The molecular formula is C18H13FN2O3S3. The summed E-state index contributed by atoms with van der Waals surface area (Å²) in [4.78, 5) is 17.6. The summed E-state index contributed by atoms with van der Waals surface area (Å²) in [7, 11) is -3.32. The van der Waals surface area contributed by atoms with Crippen LogP contribution in [0.2, 0.25) is 0 Å². The molecule has 0 saturated carbocycles. The molecule has 2 heterocycles. The van der Waals surface area contributed by atoms with Crippen molar-refractivity contribution in [3.8, 4) is 0 Å². The summed E-state index contributed by atoms with van der Waals surface area (Å²) < 4.78 is 38.8. The molecule has 1 amide bonds. The van der Waals surface area contributed by atoms with Crippen molar-refractivity contribution in [1.82, 2.24) is 4.98 Å². The van der Waals surface area contributed by atoms with E-state index in [9.17, 15) is 17.6 Å². The van der Waals surface area contributed by atoms with Crippen LogP contribution in [-0.2, 0) is 9.84 Å². The van der Waals surface area contributed by atoms with E-state index in [1.165, 1.54) is 40.9 Å². The van der Waals surface area contributed by atoms with E-state index in [0.29, 0.717) is 35.9 Å². The molecule has 0 unspecified atom stereocenters. The summed E-state index contributed by atoms with van der Waals surface area (Å²) in [6.07, 6.45) is 1.14. The van der Waals surface area contributed by atoms with E-state index in [4.69, 9.17) is 0 Å². The van der Waals surface area contributed by atoms with Gasteiger partial charge in [0.15, 0.2) is 15.0 Å². The van der Waals surface area contributed by atoms with Crippen molar-refractivity contribution < 1.29 is 17.6 Å². The molecule has 2 aromatic carbocycles. The average Bonchev–Trinajstić information content (AvgIpc) is 3.14. The first-order valence-electron chi connectivity index (χ1n) is 7.83. The fourth-order valence-corrected chi connectivity index (χ4v) is 5.55. The molecule has 0 aliphatic heterocycles. The Balaban J connectivity index is 1.69. The van der Waals surface area contributed by atoms with Crippen molar-refractivity contribution in [2.75, 3.05) is 11.6 Å². The second-order valence-electron chi connectivity index (χ2n) is 6.04. The van der Waals surface area contributed by atoms with E-state index >= 15 is 0 Å². The smallest absolute Gasteiger partial charge is 0.267 e. The number of amides is 1. The maximum Gasteiger partial charge on any atom is 0.267 e. The minimum Gasteiger partial charge on any atom is -0.297 e. The average molecular weight is 421 g/mol. The Bertz CT molecular complexity index is 1320. The number of sulfone groups is 1. The standard InChI is InChI=1S/C18H13FN2O3S3/c1-9-15-11(19)4-3-5-13(15)25-16(9)17(22)21-18-20-12-7-6-10(27(2,23)24)8-14(12)26-18/h3-8H,1-2H3,(H,20,21,22). The summed E-state index contributed by atoms with van der Waals surface area (Å²) in [6, 6.07) is 9.40. The van der Waals surface area contributed by atoms with Crippen molar-refractivity contribution in [3.05, 3.63) is 52.7 Å². The van der Waals surface area contributed by atoms with Crippen LogP contribution in [0, 0.1) is 12.7 Å². The molecule has 0 fully saturated rings. The maximum atomic E-state index is 14.0. The van der Waals surface area contributed by atoms with Crippen LogP contribution >= 0.6 is 22.7 Å². The Kier molecular flexibility index (Phi) is 4.25. The Morgan fingerprint density at radius 3 is 2.63 bits per heavy atom. The zero-order valence-electron chi connectivity index (χ0n) is 14.2. The molecule has 0 radical (unpaired) electrons. The first-order chi connectivity index (χ1) is 12.7. The van der Waals surface area contributed by atoms with Gasteiger partial charge in [-0.05, 0) is 42.8 Å². The maximum absolute atomic E-state index is 14.0. The van der Waals surface area contributed by atoms with E-state index in [0.717, 1.165) is 6.26 Å². The molecule has 0 aliphatic rings. The van der Waals surface area contributed by atoms with Gasteiger partial charge in [0, 0.05) is 16.3 Å². The third-order valence-corrected chi connectivity index (χ3v) is 7.42. The highest BCUT2D eigenvalue weighted by molar-refractivity contribution is 7.90. The van der Waals surface area contributed by atoms with E-state index < -0.39 is 9.84 Å². The van der Waals surface area contributed by atoms with Gasteiger partial charge < -0.3 is 0 Å². The van der Waals surface area contributed by atoms with Crippen LogP contribution in [-0.4, -0.2) is 25.6 Å². The van der Waals surface area contributed by atoms with E-state index in [1.807, 2.05) is 0 Å². The number of nitrogens with zero attached hydrogens (tertiary/aromatic N) is 1. The SMILES string of the molecule is Cc1c(C(=O)Nc2nc3ccc(S(C)(=O)=O)cc3s2)sc2cccc(F)c12. The number of anilines is 1. The van der Waals surface area contributed by atoms with Gasteiger partial charge in [-0.3, -0.25) is 10.1 Å². The van der Waals surface area contributed by atoms with Crippen LogP contribution in [0.1, 0.15) is 15.2 Å². The number of hydrogen-bond donors (Lipinski definition) is 1. The van der Waals surface area contributed by atoms with Gasteiger partial charge in [-0.2, -0.15) is 0 Å². The summed E-state index contributed by atoms with van der Waals surface area (Å²) in [6.45, 7) is 1.72. The quantitative estimate of drug-likeness (QED) is 0.525. The zero-order chi connectivity index (χ0) is 19.3. The van der Waals surface area contributed by atoms with Crippen molar-refractivity contribution in [1.29, 1.82) is 0 Å². The van der Waals surface area contributed by atoms with Crippen molar-refractivity contribution in [3.63, 3.8) is 0 Å². The number of halogens is 1. The van der Waals surface area contributed by atoms with Crippen LogP contribution in [0.5, 0.6) is 0 Å². The number of aromatic nitrogens is 1. The fraction of sp³-hybridized carbons (Fsp3) is 0.111. The molecule has 1 N–H and O–H groups in total. The number of benzene rings is 2. The number of aryl methyl sites for hydroxylation is 1. The molecule has 0 bridgehead atoms. The Labute approximate surface area is 162 Å². The molecule has 5 nitrogen and oxygen atoms in total. The van der Waals surface area contributed by atoms with Gasteiger partial charge in [0.25, 0.3) is 5.91 Å². The van der Waals surface area contributed by atoms with Gasteiger partial charge >= 0.3 is 0 Å². The largest absolute Gasteiger partial charge is 0.297 e. The lowest BCUT2D eigenvalue weighted by Crippen LogP contribution is -2.11. The normalized spacial score (nSPS) is 12.0. The van der Waals surface area contributed by atoms with Gasteiger partial charge in [0.2, 0.25) is 0 Å². The highest BCUT2D eigenvalue weighted by atomic mass is 32.2. The van der Waals surface area contributed by atoms with E-state index in [2.05, 4.69) is 10.3 Å². The molecule has 0 saturated heterocycles. The number of thiazole rings is 1. The molecule has 27 heavy (non-hydrogen) atoms. The molecule has 4 rings (SSSR count). The van der Waals surface area contributed by atoms with Gasteiger partial charge in [-0.15, -0.1) is 11.3 Å². The monoisotopic (exact) mass is 420 g/mol. The Morgan fingerprint density at radius 2 is 1.93 bits per heavy atom. The molecule has 0 atom stereocenters. The molecule has 9 heteroatoms. The molecule has 0 spiro atoms. The molecule has 2 aromatic heterocycles. The number of carbonyl (C=O) groups excluding carboxylic acids is 1. The van der Waals surface area contributed by atoms with Crippen LogP contribution in [0.25, 0.3) is 20.3 Å². The van der Waals surface area contributed by atoms with E-state index in [-0.39, 0.29) is 16.6 Å². The second kappa shape index (κ2) is 6.36. The zero-order valence-corrected chi connectivity index (χ0v) is 16.7. The highest BCUT2D eigenvalue weighted by Gasteiger charge is 2.19. The Hall–Kier alpha value is -2.36. The Morgan fingerprint density at radius 1 is 1.15 bits per heavy atom. The molecular weight excluding hydrogens is 407 g/mol. The van der Waals surface area contributed by atoms with Crippen molar-refractivity contribution in [2.45, 2.75) is 11.8 Å². The summed E-state index contributed by atoms with van der Waals surface area (Å²) in [5, 5.41) is 3.55. The second-order valence-corrected chi connectivity index (χ2v) is 10.1. The lowest BCUT2D eigenvalue weighted by Gasteiger charge is -2.00. The number of rotatable bonds is 3. The number of fused-ring (bicyclic) bond motifs is 2. The minimum atomic E-state index is -3.32. The lowest BCUT2D eigenvalue weighted by atomic mass is 10.1. The number of carbonyl (C=O) groups is 1. The summed E-state index contributed by atoms with van der Waals surface area (Å²) in [5.74, 6) is -0.718. The number of hydrogen-bond acceptors (Lipinski definition) is 6. The summed E-state index contributed by atoms with van der Waals surface area (Å²) >= 11 is 2.41. The van der Waals surface area contributed by atoms with Crippen molar-refractivity contribution in [2.24, 2.45) is 0 Å². The lowest BCUT2D eigenvalue weighted by molar-refractivity contribution is 0.103. The first-order valence-corrected chi connectivity index (χ1v) is 11.4. The fourth-order valence-electron chi connectivity index (χ4n) is 2.81.